The van der Waals surface area contributed by atoms with Crippen molar-refractivity contribution in [2.75, 3.05) is 17.3 Å². The molecule has 0 aliphatic rings. The van der Waals surface area contributed by atoms with Gasteiger partial charge in [0.2, 0.25) is 5.91 Å². The van der Waals surface area contributed by atoms with Crippen molar-refractivity contribution >= 4 is 23.2 Å². The van der Waals surface area contributed by atoms with Crippen LogP contribution in [0, 0.1) is 23.1 Å². The highest BCUT2D eigenvalue weighted by atomic mass is 35.5. The summed E-state index contributed by atoms with van der Waals surface area (Å²) in [5, 5.41) is 8.60. The highest BCUT2D eigenvalue weighted by Crippen LogP contribution is 2.21. The van der Waals surface area contributed by atoms with Gasteiger partial charge >= 0.3 is 0 Å². The van der Waals surface area contributed by atoms with Gasteiger partial charge in [0.15, 0.2) is 0 Å². The van der Waals surface area contributed by atoms with E-state index in [1.807, 2.05) is 6.07 Å². The molecular weight excluding hydrogens is 255 g/mol. The Hall–Kier alpha value is -1.60. The number of halogens is 2. The summed E-state index contributed by atoms with van der Waals surface area (Å²) in [4.78, 5) is 13.4. The van der Waals surface area contributed by atoms with Crippen LogP contribution >= 0.6 is 11.6 Å². The molecule has 0 spiro atoms. The van der Waals surface area contributed by atoms with Crippen LogP contribution in [-0.2, 0) is 4.79 Å². The van der Waals surface area contributed by atoms with Crippen LogP contribution in [-0.4, -0.2) is 18.3 Å². The van der Waals surface area contributed by atoms with Gasteiger partial charge in [0.1, 0.15) is 5.82 Å². The minimum absolute atomic E-state index is 0.148. The smallest absolute Gasteiger partial charge is 0.231 e. The molecule has 3 nitrogen and oxygen atoms in total. The van der Waals surface area contributed by atoms with Crippen molar-refractivity contribution in [3.63, 3.8) is 0 Å². The number of alkyl halides is 1. The molecule has 18 heavy (non-hydrogen) atoms. The summed E-state index contributed by atoms with van der Waals surface area (Å²) in [5.74, 6) is -1.00. The van der Waals surface area contributed by atoms with Gasteiger partial charge in [-0.15, -0.1) is 11.6 Å². The topological polar surface area (TPSA) is 44.1 Å². The Labute approximate surface area is 111 Å². The number of hydrogen-bond donors (Lipinski definition) is 0. The van der Waals surface area contributed by atoms with Crippen molar-refractivity contribution in [1.29, 1.82) is 5.26 Å². The molecule has 0 aliphatic carbocycles. The minimum atomic E-state index is -0.481. The van der Waals surface area contributed by atoms with Gasteiger partial charge in [-0.1, -0.05) is 19.1 Å². The number of rotatable bonds is 5. The standard InChI is InChI=1S/C13H14ClFN2O/c1-10(9-14)13(18)17(8-4-7-16)12-6-3-2-5-11(12)15/h2-3,5-6,10H,4,8-9H2,1H3. The average molecular weight is 269 g/mol. The van der Waals surface area contributed by atoms with Crippen LogP contribution in [0.25, 0.3) is 0 Å². The highest BCUT2D eigenvalue weighted by molar-refractivity contribution is 6.19. The quantitative estimate of drug-likeness (QED) is 0.771. The van der Waals surface area contributed by atoms with Gasteiger partial charge in [-0.2, -0.15) is 5.26 Å². The van der Waals surface area contributed by atoms with Gasteiger partial charge in [-0.25, -0.2) is 4.39 Å². The number of amides is 1. The Balaban J connectivity index is 3.02. The lowest BCUT2D eigenvalue weighted by Crippen LogP contribution is -2.37. The van der Waals surface area contributed by atoms with Crippen LogP contribution < -0.4 is 4.90 Å². The number of nitriles is 1. The number of benzene rings is 1. The zero-order valence-electron chi connectivity index (χ0n) is 10.1. The second-order valence-electron chi connectivity index (χ2n) is 3.90. The van der Waals surface area contributed by atoms with E-state index in [4.69, 9.17) is 16.9 Å². The van der Waals surface area contributed by atoms with E-state index in [0.29, 0.717) is 0 Å². The van der Waals surface area contributed by atoms with Crippen LogP contribution in [0.4, 0.5) is 10.1 Å². The maximum Gasteiger partial charge on any atom is 0.231 e. The van der Waals surface area contributed by atoms with E-state index in [1.165, 1.54) is 17.0 Å². The number of carbonyl (C=O) groups excluding carboxylic acids is 1. The van der Waals surface area contributed by atoms with Gasteiger partial charge in [-0.05, 0) is 12.1 Å². The monoisotopic (exact) mass is 268 g/mol. The summed E-state index contributed by atoms with van der Waals surface area (Å²) in [6, 6.07) is 7.96. The molecule has 0 saturated heterocycles. The molecule has 0 bridgehead atoms. The van der Waals surface area contributed by atoms with E-state index < -0.39 is 11.7 Å². The fourth-order valence-electron chi connectivity index (χ4n) is 1.51. The van der Waals surface area contributed by atoms with Gasteiger partial charge in [0.25, 0.3) is 0 Å². The van der Waals surface area contributed by atoms with E-state index in [1.54, 1.807) is 19.1 Å². The maximum absolute atomic E-state index is 13.7. The minimum Gasteiger partial charge on any atom is -0.308 e. The fraction of sp³-hybridized carbons (Fsp3) is 0.385. The first-order chi connectivity index (χ1) is 8.61. The highest BCUT2D eigenvalue weighted by Gasteiger charge is 2.22. The Morgan fingerprint density at radius 3 is 2.78 bits per heavy atom. The molecular formula is C13H14ClFN2O. The third kappa shape index (κ3) is 3.44. The molecule has 1 amide bonds. The van der Waals surface area contributed by atoms with Crippen molar-refractivity contribution in [1.82, 2.24) is 0 Å². The molecule has 0 heterocycles. The number of hydrogen-bond acceptors (Lipinski definition) is 2. The first-order valence-electron chi connectivity index (χ1n) is 5.60. The number of nitrogens with zero attached hydrogens (tertiary/aromatic N) is 2. The van der Waals surface area contributed by atoms with Crippen molar-refractivity contribution in [2.24, 2.45) is 5.92 Å². The Kier molecular flexibility index (Phi) is 5.60. The van der Waals surface area contributed by atoms with Crippen molar-refractivity contribution < 1.29 is 9.18 Å². The number of carbonyl (C=O) groups is 1. The first kappa shape index (κ1) is 14.5. The van der Waals surface area contributed by atoms with E-state index in [9.17, 15) is 9.18 Å². The number of anilines is 1. The summed E-state index contributed by atoms with van der Waals surface area (Å²) in [5.41, 5.74) is 0.190. The van der Waals surface area contributed by atoms with E-state index in [0.717, 1.165) is 0 Å². The molecule has 1 unspecified atom stereocenters. The van der Waals surface area contributed by atoms with E-state index in [-0.39, 0.29) is 30.4 Å². The van der Waals surface area contributed by atoms with Crippen LogP contribution in [0.3, 0.4) is 0 Å². The lowest BCUT2D eigenvalue weighted by atomic mass is 10.1. The Morgan fingerprint density at radius 1 is 1.56 bits per heavy atom. The molecule has 96 valence electrons. The molecule has 0 aromatic heterocycles. The number of para-hydroxylation sites is 1. The molecule has 1 rings (SSSR count). The summed E-state index contributed by atoms with van der Waals surface area (Å²) in [7, 11) is 0. The third-order valence-corrected chi connectivity index (χ3v) is 2.97. The SMILES string of the molecule is CC(CCl)C(=O)N(CCC#N)c1ccccc1F. The van der Waals surface area contributed by atoms with Gasteiger partial charge < -0.3 is 4.90 Å². The largest absolute Gasteiger partial charge is 0.308 e. The van der Waals surface area contributed by atoms with Crippen LogP contribution in [0.1, 0.15) is 13.3 Å². The third-order valence-electron chi connectivity index (χ3n) is 2.51. The zero-order valence-corrected chi connectivity index (χ0v) is 10.8. The molecule has 1 aromatic rings. The molecule has 1 aromatic carbocycles. The van der Waals surface area contributed by atoms with Gasteiger partial charge in [0.05, 0.1) is 18.2 Å². The molecule has 0 radical (unpaired) electrons. The van der Waals surface area contributed by atoms with Crippen molar-refractivity contribution in [2.45, 2.75) is 13.3 Å². The van der Waals surface area contributed by atoms with Crippen LogP contribution in [0.2, 0.25) is 0 Å². The Bertz CT molecular complexity index is 459. The second kappa shape index (κ2) is 6.97. The lowest BCUT2D eigenvalue weighted by molar-refractivity contribution is -0.121. The normalized spacial score (nSPS) is 11.7. The molecule has 1 atom stereocenters. The van der Waals surface area contributed by atoms with Crippen molar-refractivity contribution in [3.8, 4) is 6.07 Å². The second-order valence-corrected chi connectivity index (χ2v) is 4.21. The predicted molar refractivity (Wildman–Crippen MR) is 68.9 cm³/mol. The van der Waals surface area contributed by atoms with Crippen LogP contribution in [0.5, 0.6) is 0 Å². The molecule has 0 saturated carbocycles. The van der Waals surface area contributed by atoms with E-state index >= 15 is 0 Å². The average Bonchev–Trinajstić information content (AvgIpc) is 2.39. The zero-order chi connectivity index (χ0) is 13.5. The van der Waals surface area contributed by atoms with E-state index in [2.05, 4.69) is 0 Å². The summed E-state index contributed by atoms with van der Waals surface area (Å²) < 4.78 is 13.7. The molecule has 0 fully saturated rings. The first-order valence-corrected chi connectivity index (χ1v) is 6.14. The molecule has 0 N–H and O–H groups in total. The van der Waals surface area contributed by atoms with Crippen molar-refractivity contribution in [3.05, 3.63) is 30.1 Å². The van der Waals surface area contributed by atoms with Crippen LogP contribution in [0.15, 0.2) is 24.3 Å². The molecule has 0 aliphatic heterocycles. The summed E-state index contributed by atoms with van der Waals surface area (Å²) in [6.07, 6.45) is 0.148. The Morgan fingerprint density at radius 2 is 2.22 bits per heavy atom. The predicted octanol–water partition coefficient (Wildman–Crippen LogP) is 2.95. The molecule has 5 heteroatoms. The van der Waals surface area contributed by atoms with Gasteiger partial charge in [-0.3, -0.25) is 4.79 Å². The lowest BCUT2D eigenvalue weighted by Gasteiger charge is -2.24. The summed E-state index contributed by atoms with van der Waals surface area (Å²) >= 11 is 5.65. The van der Waals surface area contributed by atoms with Gasteiger partial charge in [0, 0.05) is 18.3 Å². The summed E-state index contributed by atoms with van der Waals surface area (Å²) in [6.45, 7) is 1.84. The maximum atomic E-state index is 13.7. The fourth-order valence-corrected chi connectivity index (χ4v) is 1.65.